The zero-order valence-corrected chi connectivity index (χ0v) is 13.8. The zero-order valence-electron chi connectivity index (χ0n) is 13.0. The molecule has 3 aromatic carbocycles. The largest absolute Gasteiger partial charge is 0.480 e. The average Bonchev–Trinajstić information content (AvgIpc) is 2.59. The van der Waals surface area contributed by atoms with Crippen molar-refractivity contribution < 1.29 is 22.7 Å². The molecule has 0 spiro atoms. The molecule has 0 unspecified atom stereocenters. The Balaban J connectivity index is 2.20. The topological polar surface area (TPSA) is 74.7 Å². The van der Waals surface area contributed by atoms with Crippen LogP contribution in [0.25, 0.3) is 10.8 Å². The second-order valence-electron chi connectivity index (χ2n) is 5.36. The summed E-state index contributed by atoms with van der Waals surface area (Å²) in [7, 11) is -4.17. The number of sulfonamides is 1. The number of carboxylic acid groups (broad SMARTS) is 1. The van der Waals surface area contributed by atoms with Gasteiger partial charge in [0, 0.05) is 5.39 Å². The molecule has 7 heteroatoms. The highest BCUT2D eigenvalue weighted by Gasteiger charge is 2.28. The molecule has 0 aliphatic heterocycles. The van der Waals surface area contributed by atoms with Crippen molar-refractivity contribution in [3.63, 3.8) is 0 Å². The second-order valence-corrected chi connectivity index (χ2v) is 7.22. The van der Waals surface area contributed by atoms with Crippen LogP contribution in [0.5, 0.6) is 0 Å². The Kier molecular flexibility index (Phi) is 4.41. The maximum atomic E-state index is 13.1. The molecule has 0 aromatic heterocycles. The highest BCUT2D eigenvalue weighted by atomic mass is 32.2. The number of aliphatic carboxylic acids is 1. The maximum Gasteiger partial charge on any atom is 0.324 e. The van der Waals surface area contributed by atoms with Crippen LogP contribution < -0.4 is 4.31 Å². The molecular formula is C18H14FNO4S. The van der Waals surface area contributed by atoms with E-state index in [0.717, 1.165) is 34.0 Å². The van der Waals surface area contributed by atoms with Crippen LogP contribution in [0.2, 0.25) is 0 Å². The summed E-state index contributed by atoms with van der Waals surface area (Å²) in [5.41, 5.74) is 0.254. The summed E-state index contributed by atoms with van der Waals surface area (Å²) in [6, 6.07) is 16.4. The first-order valence-corrected chi connectivity index (χ1v) is 8.81. The van der Waals surface area contributed by atoms with Crippen LogP contribution in [-0.4, -0.2) is 26.0 Å². The van der Waals surface area contributed by atoms with Crippen LogP contribution >= 0.6 is 0 Å². The number of halogens is 1. The SMILES string of the molecule is O=C(O)CN(c1cccc2ccccc12)S(=O)(=O)c1ccc(F)cc1. The number of anilines is 1. The van der Waals surface area contributed by atoms with Crippen molar-refractivity contribution >= 4 is 32.5 Å². The number of rotatable bonds is 5. The minimum absolute atomic E-state index is 0.178. The highest BCUT2D eigenvalue weighted by Crippen LogP contribution is 2.31. The fourth-order valence-corrected chi connectivity index (χ4v) is 4.02. The van der Waals surface area contributed by atoms with Gasteiger partial charge < -0.3 is 5.11 Å². The van der Waals surface area contributed by atoms with E-state index in [1.807, 2.05) is 18.2 Å². The molecule has 1 N–H and O–H groups in total. The molecular weight excluding hydrogens is 345 g/mol. The molecule has 25 heavy (non-hydrogen) atoms. The van der Waals surface area contributed by atoms with Gasteiger partial charge >= 0.3 is 5.97 Å². The molecule has 5 nitrogen and oxygen atoms in total. The normalized spacial score (nSPS) is 11.4. The van der Waals surface area contributed by atoms with Crippen LogP contribution in [0.15, 0.2) is 71.6 Å². The van der Waals surface area contributed by atoms with Crippen molar-refractivity contribution in [3.8, 4) is 0 Å². The Bertz CT molecular complexity index is 1030. The molecule has 128 valence electrons. The quantitative estimate of drug-likeness (QED) is 0.759. The number of carbonyl (C=O) groups is 1. The summed E-state index contributed by atoms with van der Waals surface area (Å²) >= 11 is 0. The van der Waals surface area contributed by atoms with E-state index in [2.05, 4.69) is 0 Å². The minimum atomic E-state index is -4.17. The van der Waals surface area contributed by atoms with Gasteiger partial charge in [0.15, 0.2) is 0 Å². The molecule has 0 radical (unpaired) electrons. The Hall–Kier alpha value is -2.93. The standard InChI is InChI=1S/C18H14FNO4S/c19-14-8-10-15(11-9-14)25(23,24)20(12-18(21)22)17-7-3-5-13-4-1-2-6-16(13)17/h1-11H,12H2,(H,21,22). The van der Waals surface area contributed by atoms with Gasteiger partial charge in [0.2, 0.25) is 0 Å². The Labute approximate surface area is 144 Å². The average molecular weight is 359 g/mol. The summed E-state index contributed by atoms with van der Waals surface area (Å²) in [4.78, 5) is 11.1. The molecule has 0 saturated carbocycles. The summed E-state index contributed by atoms with van der Waals surface area (Å²) < 4.78 is 39.9. The van der Waals surface area contributed by atoms with Crippen molar-refractivity contribution in [1.29, 1.82) is 0 Å². The molecule has 0 saturated heterocycles. The fourth-order valence-electron chi connectivity index (χ4n) is 2.58. The van der Waals surface area contributed by atoms with Crippen LogP contribution in [0.4, 0.5) is 10.1 Å². The molecule has 0 aliphatic carbocycles. The summed E-state index contributed by atoms with van der Waals surface area (Å²) in [5.74, 6) is -1.87. The lowest BCUT2D eigenvalue weighted by atomic mass is 10.1. The smallest absolute Gasteiger partial charge is 0.324 e. The zero-order chi connectivity index (χ0) is 18.0. The number of hydrogen-bond donors (Lipinski definition) is 1. The van der Waals surface area contributed by atoms with Crippen LogP contribution in [0.1, 0.15) is 0 Å². The van der Waals surface area contributed by atoms with Crippen LogP contribution in [-0.2, 0) is 14.8 Å². The number of carboxylic acids is 1. The summed E-state index contributed by atoms with van der Waals surface area (Å²) in [5, 5.41) is 10.6. The van der Waals surface area contributed by atoms with Gasteiger partial charge in [0.05, 0.1) is 10.6 Å². The third kappa shape index (κ3) is 3.32. The highest BCUT2D eigenvalue weighted by molar-refractivity contribution is 7.92. The summed E-state index contributed by atoms with van der Waals surface area (Å²) in [6.07, 6.45) is 0. The first-order chi connectivity index (χ1) is 11.9. The number of hydrogen-bond acceptors (Lipinski definition) is 3. The maximum absolute atomic E-state index is 13.1. The molecule has 0 amide bonds. The first-order valence-electron chi connectivity index (χ1n) is 7.37. The molecule has 0 bridgehead atoms. The van der Waals surface area contributed by atoms with E-state index in [9.17, 15) is 22.7 Å². The van der Waals surface area contributed by atoms with Gasteiger partial charge in [0.1, 0.15) is 12.4 Å². The molecule has 0 aliphatic rings. The first kappa shape index (κ1) is 16.9. The monoisotopic (exact) mass is 359 g/mol. The molecule has 3 rings (SSSR count). The minimum Gasteiger partial charge on any atom is -0.480 e. The number of benzene rings is 3. The predicted octanol–water partition coefficient (Wildman–Crippen LogP) is 3.26. The third-order valence-corrected chi connectivity index (χ3v) is 5.49. The van der Waals surface area contributed by atoms with Crippen molar-refractivity contribution in [2.24, 2.45) is 0 Å². The lowest BCUT2D eigenvalue weighted by molar-refractivity contribution is -0.135. The van der Waals surface area contributed by atoms with Gasteiger partial charge in [-0.1, -0.05) is 36.4 Å². The Morgan fingerprint density at radius 3 is 2.28 bits per heavy atom. The lowest BCUT2D eigenvalue weighted by Crippen LogP contribution is -2.35. The van der Waals surface area contributed by atoms with E-state index in [1.54, 1.807) is 24.3 Å². The Morgan fingerprint density at radius 2 is 1.60 bits per heavy atom. The molecule has 0 fully saturated rings. The van der Waals surface area contributed by atoms with Gasteiger partial charge in [-0.15, -0.1) is 0 Å². The van der Waals surface area contributed by atoms with E-state index in [0.29, 0.717) is 5.39 Å². The van der Waals surface area contributed by atoms with Crippen molar-refractivity contribution in [2.75, 3.05) is 10.8 Å². The predicted molar refractivity (Wildman–Crippen MR) is 92.5 cm³/mol. The third-order valence-electron chi connectivity index (χ3n) is 3.72. The van der Waals surface area contributed by atoms with E-state index in [4.69, 9.17) is 0 Å². The van der Waals surface area contributed by atoms with Crippen molar-refractivity contribution in [1.82, 2.24) is 0 Å². The second kappa shape index (κ2) is 6.52. The molecule has 0 atom stereocenters. The van der Waals surface area contributed by atoms with Crippen molar-refractivity contribution in [2.45, 2.75) is 4.90 Å². The van der Waals surface area contributed by atoms with Crippen LogP contribution in [0, 0.1) is 5.82 Å². The van der Waals surface area contributed by atoms with Gasteiger partial charge in [0.25, 0.3) is 10.0 Å². The van der Waals surface area contributed by atoms with Gasteiger partial charge in [-0.3, -0.25) is 9.10 Å². The lowest BCUT2D eigenvalue weighted by Gasteiger charge is -2.24. The molecule has 0 heterocycles. The van der Waals surface area contributed by atoms with Gasteiger partial charge in [-0.05, 0) is 35.7 Å². The van der Waals surface area contributed by atoms with Gasteiger partial charge in [-0.25, -0.2) is 12.8 Å². The van der Waals surface area contributed by atoms with E-state index < -0.39 is 28.4 Å². The Morgan fingerprint density at radius 1 is 0.960 bits per heavy atom. The fraction of sp³-hybridized carbons (Fsp3) is 0.0556. The number of nitrogens with zero attached hydrogens (tertiary/aromatic N) is 1. The van der Waals surface area contributed by atoms with Gasteiger partial charge in [-0.2, -0.15) is 0 Å². The van der Waals surface area contributed by atoms with E-state index in [1.165, 1.54) is 0 Å². The molecule has 3 aromatic rings. The number of fused-ring (bicyclic) bond motifs is 1. The van der Waals surface area contributed by atoms with E-state index in [-0.39, 0.29) is 10.6 Å². The van der Waals surface area contributed by atoms with Crippen molar-refractivity contribution in [3.05, 3.63) is 72.5 Å². The van der Waals surface area contributed by atoms with E-state index >= 15 is 0 Å². The van der Waals surface area contributed by atoms with Crippen LogP contribution in [0.3, 0.4) is 0 Å². The summed E-state index contributed by atoms with van der Waals surface area (Å²) in [6.45, 7) is -0.742.